The van der Waals surface area contributed by atoms with Crippen molar-refractivity contribution in [3.63, 3.8) is 0 Å². The fourth-order valence-electron chi connectivity index (χ4n) is 2.51. The Hall–Kier alpha value is -2.26. The van der Waals surface area contributed by atoms with Gasteiger partial charge in [-0.25, -0.2) is 4.79 Å². The number of amides is 2. The summed E-state index contributed by atoms with van der Waals surface area (Å²) in [6.45, 7) is 1.94. The van der Waals surface area contributed by atoms with Gasteiger partial charge in [-0.2, -0.15) is 5.26 Å². The van der Waals surface area contributed by atoms with Crippen LogP contribution in [0, 0.1) is 11.3 Å². The van der Waals surface area contributed by atoms with Crippen molar-refractivity contribution >= 4 is 34.9 Å². The summed E-state index contributed by atoms with van der Waals surface area (Å²) in [4.78, 5) is 14.3. The molecule has 0 aliphatic heterocycles. The maximum Gasteiger partial charge on any atom is 0.322 e. The molecule has 2 N–H and O–H groups in total. The molecule has 1 atom stereocenters. The van der Waals surface area contributed by atoms with Gasteiger partial charge in [-0.3, -0.25) is 0 Å². The number of benzene rings is 2. The predicted octanol–water partition coefficient (Wildman–Crippen LogP) is 4.67. The van der Waals surface area contributed by atoms with Crippen molar-refractivity contribution in [1.29, 1.82) is 5.26 Å². The van der Waals surface area contributed by atoms with E-state index in [4.69, 9.17) is 28.5 Å². The second-order valence-corrected chi connectivity index (χ2v) is 6.57. The minimum atomic E-state index is -0.382. The lowest BCUT2D eigenvalue weighted by Gasteiger charge is -2.30. The summed E-state index contributed by atoms with van der Waals surface area (Å²) in [6.07, 6.45) is 0.577. The number of anilines is 1. The van der Waals surface area contributed by atoms with Gasteiger partial charge in [0.15, 0.2) is 0 Å². The van der Waals surface area contributed by atoms with Gasteiger partial charge in [-0.15, -0.1) is 0 Å². The molecule has 2 aromatic rings. The summed E-state index contributed by atoms with van der Waals surface area (Å²) in [7, 11) is 0. The van der Waals surface area contributed by atoms with Crippen LogP contribution in [0.4, 0.5) is 10.5 Å². The standard InChI is InChI=1S/C19H19Cl2N3O2/c1-2-17(12-25)24(11-14-6-7-15(20)9-18(14)21)19(26)23-16-5-3-4-13(8-16)10-22/h3-9,17,25H,2,11-12H2,1H3,(H,23,26). The Labute approximate surface area is 162 Å². The molecule has 2 amide bonds. The molecule has 0 heterocycles. The smallest absolute Gasteiger partial charge is 0.322 e. The normalized spacial score (nSPS) is 11.5. The fourth-order valence-corrected chi connectivity index (χ4v) is 2.98. The molecule has 2 rings (SSSR count). The Morgan fingerprint density at radius 1 is 1.31 bits per heavy atom. The van der Waals surface area contributed by atoms with Gasteiger partial charge in [0.25, 0.3) is 0 Å². The van der Waals surface area contributed by atoms with Gasteiger partial charge in [0, 0.05) is 22.3 Å². The molecular weight excluding hydrogens is 373 g/mol. The summed E-state index contributed by atoms with van der Waals surface area (Å²) in [5.41, 5.74) is 1.68. The zero-order chi connectivity index (χ0) is 19.1. The number of hydrogen-bond donors (Lipinski definition) is 2. The zero-order valence-corrected chi connectivity index (χ0v) is 15.8. The highest BCUT2D eigenvalue weighted by molar-refractivity contribution is 6.35. The molecule has 0 bridgehead atoms. The molecule has 7 heteroatoms. The van der Waals surface area contributed by atoms with E-state index in [2.05, 4.69) is 5.32 Å². The van der Waals surface area contributed by atoms with E-state index in [9.17, 15) is 9.90 Å². The number of nitrogens with one attached hydrogen (secondary N) is 1. The van der Waals surface area contributed by atoms with Crippen molar-refractivity contribution in [3.05, 3.63) is 63.6 Å². The lowest BCUT2D eigenvalue weighted by molar-refractivity contribution is 0.134. The first-order valence-corrected chi connectivity index (χ1v) is 8.86. The Morgan fingerprint density at radius 3 is 2.69 bits per heavy atom. The SMILES string of the molecule is CCC(CO)N(Cc1ccc(Cl)cc1Cl)C(=O)Nc1cccc(C#N)c1. The first-order chi connectivity index (χ1) is 12.5. The van der Waals surface area contributed by atoms with E-state index in [1.54, 1.807) is 42.5 Å². The van der Waals surface area contributed by atoms with E-state index in [0.717, 1.165) is 5.56 Å². The molecule has 0 spiro atoms. The number of carbonyl (C=O) groups excluding carboxylic acids is 1. The number of nitrogens with zero attached hydrogens (tertiary/aromatic N) is 2. The molecule has 0 aromatic heterocycles. The van der Waals surface area contributed by atoms with Crippen LogP contribution in [0.25, 0.3) is 0 Å². The van der Waals surface area contributed by atoms with Crippen LogP contribution in [0.2, 0.25) is 10.0 Å². The van der Waals surface area contributed by atoms with Crippen LogP contribution >= 0.6 is 23.2 Å². The Morgan fingerprint density at radius 2 is 2.08 bits per heavy atom. The number of nitriles is 1. The molecule has 1 unspecified atom stereocenters. The first-order valence-electron chi connectivity index (χ1n) is 8.11. The van der Waals surface area contributed by atoms with E-state index in [0.29, 0.717) is 27.7 Å². The number of aliphatic hydroxyl groups is 1. The molecule has 0 aliphatic carbocycles. The van der Waals surface area contributed by atoms with Crippen molar-refractivity contribution in [2.75, 3.05) is 11.9 Å². The molecule has 2 aromatic carbocycles. The van der Waals surface area contributed by atoms with E-state index < -0.39 is 0 Å². The van der Waals surface area contributed by atoms with Gasteiger partial charge >= 0.3 is 6.03 Å². The second-order valence-electron chi connectivity index (χ2n) is 5.73. The molecular formula is C19H19Cl2N3O2. The number of hydrogen-bond acceptors (Lipinski definition) is 3. The van der Waals surface area contributed by atoms with Crippen LogP contribution in [0.15, 0.2) is 42.5 Å². The van der Waals surface area contributed by atoms with Gasteiger partial charge in [-0.1, -0.05) is 42.3 Å². The van der Waals surface area contributed by atoms with Gasteiger partial charge in [0.2, 0.25) is 0 Å². The lowest BCUT2D eigenvalue weighted by Crippen LogP contribution is -2.44. The van der Waals surface area contributed by atoms with E-state index in [1.807, 2.05) is 13.0 Å². The van der Waals surface area contributed by atoms with E-state index in [1.165, 1.54) is 4.90 Å². The third-order valence-electron chi connectivity index (χ3n) is 3.98. The van der Waals surface area contributed by atoms with Crippen molar-refractivity contribution < 1.29 is 9.90 Å². The monoisotopic (exact) mass is 391 g/mol. The van der Waals surface area contributed by atoms with Crippen molar-refractivity contribution in [2.45, 2.75) is 25.9 Å². The third kappa shape index (κ3) is 5.12. The van der Waals surface area contributed by atoms with E-state index in [-0.39, 0.29) is 25.2 Å². The maximum absolute atomic E-state index is 12.8. The number of aliphatic hydroxyl groups excluding tert-OH is 1. The van der Waals surface area contributed by atoms with E-state index >= 15 is 0 Å². The maximum atomic E-state index is 12.8. The number of rotatable bonds is 6. The van der Waals surface area contributed by atoms with Gasteiger partial charge in [-0.05, 0) is 42.3 Å². The van der Waals surface area contributed by atoms with Crippen LogP contribution < -0.4 is 5.32 Å². The van der Waals surface area contributed by atoms with Crippen LogP contribution in [0.5, 0.6) is 0 Å². The summed E-state index contributed by atoms with van der Waals surface area (Å²) >= 11 is 12.2. The Balaban J connectivity index is 2.25. The number of halogens is 2. The van der Waals surface area contributed by atoms with Crippen molar-refractivity contribution in [2.24, 2.45) is 0 Å². The van der Waals surface area contributed by atoms with Crippen LogP contribution in [-0.2, 0) is 6.54 Å². The highest BCUT2D eigenvalue weighted by Gasteiger charge is 2.23. The van der Waals surface area contributed by atoms with Gasteiger partial charge in [0.1, 0.15) is 0 Å². The van der Waals surface area contributed by atoms with Crippen LogP contribution in [0.3, 0.4) is 0 Å². The van der Waals surface area contributed by atoms with Gasteiger partial charge < -0.3 is 15.3 Å². The fraction of sp³-hybridized carbons (Fsp3) is 0.263. The number of carbonyl (C=O) groups is 1. The summed E-state index contributed by atoms with van der Waals surface area (Å²) in [5.74, 6) is 0. The number of urea groups is 1. The average molecular weight is 392 g/mol. The topological polar surface area (TPSA) is 76.4 Å². The quantitative estimate of drug-likeness (QED) is 0.750. The largest absolute Gasteiger partial charge is 0.394 e. The highest BCUT2D eigenvalue weighted by atomic mass is 35.5. The summed E-state index contributed by atoms with van der Waals surface area (Å²) in [6, 6.07) is 13.0. The minimum absolute atomic E-state index is 0.173. The molecule has 0 saturated carbocycles. The second kappa shape index (κ2) is 9.44. The molecule has 26 heavy (non-hydrogen) atoms. The predicted molar refractivity (Wildman–Crippen MR) is 103 cm³/mol. The van der Waals surface area contributed by atoms with Crippen molar-refractivity contribution in [3.8, 4) is 6.07 Å². The minimum Gasteiger partial charge on any atom is -0.394 e. The van der Waals surface area contributed by atoms with Crippen LogP contribution in [-0.4, -0.2) is 28.7 Å². The van der Waals surface area contributed by atoms with Crippen LogP contribution in [0.1, 0.15) is 24.5 Å². The molecule has 0 fully saturated rings. The zero-order valence-electron chi connectivity index (χ0n) is 14.2. The Kier molecular flexibility index (Phi) is 7.28. The lowest BCUT2D eigenvalue weighted by atomic mass is 10.1. The third-order valence-corrected chi connectivity index (χ3v) is 4.57. The summed E-state index contributed by atoms with van der Waals surface area (Å²) in [5, 5.41) is 22.4. The highest BCUT2D eigenvalue weighted by Crippen LogP contribution is 2.24. The molecule has 136 valence electrons. The average Bonchev–Trinajstić information content (AvgIpc) is 2.63. The first kappa shape index (κ1) is 20.1. The molecule has 0 aliphatic rings. The molecule has 5 nitrogen and oxygen atoms in total. The summed E-state index contributed by atoms with van der Waals surface area (Å²) < 4.78 is 0. The Bertz CT molecular complexity index is 817. The van der Waals surface area contributed by atoms with Crippen molar-refractivity contribution in [1.82, 2.24) is 4.90 Å². The van der Waals surface area contributed by atoms with Gasteiger partial charge in [0.05, 0.1) is 24.3 Å². The molecule has 0 saturated heterocycles. The molecule has 0 radical (unpaired) electrons.